The second-order valence-electron chi connectivity index (χ2n) is 6.66. The Kier molecular flexibility index (Phi) is 5.13. The van der Waals surface area contributed by atoms with Crippen LogP contribution in [0.25, 0.3) is 11.1 Å². The Bertz CT molecular complexity index is 886. The summed E-state index contributed by atoms with van der Waals surface area (Å²) < 4.78 is 13.0. The van der Waals surface area contributed by atoms with Gasteiger partial charge in [-0.3, -0.25) is 4.90 Å². The number of ether oxygens (including phenoxy) is 1. The maximum atomic E-state index is 6.03. The summed E-state index contributed by atoms with van der Waals surface area (Å²) in [6.45, 7) is 6.01. The van der Waals surface area contributed by atoms with Gasteiger partial charge in [0.15, 0.2) is 11.3 Å². The molecule has 136 valence electrons. The summed E-state index contributed by atoms with van der Waals surface area (Å²) in [5, 5.41) is 3.21. The average Bonchev–Trinajstić information content (AvgIpc) is 3.26. The van der Waals surface area contributed by atoms with E-state index in [2.05, 4.69) is 31.1 Å². The van der Waals surface area contributed by atoms with E-state index >= 15 is 0 Å². The Morgan fingerprint density at radius 1 is 1.19 bits per heavy atom. The van der Waals surface area contributed by atoms with Crippen molar-refractivity contribution in [1.82, 2.24) is 9.88 Å². The van der Waals surface area contributed by atoms with E-state index < -0.39 is 0 Å². The quantitative estimate of drug-likeness (QED) is 0.605. The number of benzene rings is 2. The Balaban J connectivity index is 1.51. The van der Waals surface area contributed by atoms with Crippen LogP contribution in [0.15, 0.2) is 45.3 Å². The number of anilines is 2. The number of aromatic nitrogens is 1. The second-order valence-corrected chi connectivity index (χ2v) is 7.58. The molecule has 4 rings (SSSR count). The highest BCUT2D eigenvalue weighted by atomic mass is 79.9. The first-order valence-electron chi connectivity index (χ1n) is 8.96. The molecule has 1 N–H and O–H groups in total. The molecule has 1 aromatic heterocycles. The van der Waals surface area contributed by atoms with Crippen molar-refractivity contribution in [2.75, 3.05) is 31.6 Å². The fourth-order valence-electron chi connectivity index (χ4n) is 3.24. The van der Waals surface area contributed by atoms with Crippen molar-refractivity contribution < 1.29 is 9.15 Å². The Hall–Kier alpha value is -2.05. The van der Waals surface area contributed by atoms with Crippen LogP contribution in [0.2, 0.25) is 0 Å². The number of rotatable bonds is 6. The summed E-state index contributed by atoms with van der Waals surface area (Å²) in [5.41, 5.74) is 3.53. The van der Waals surface area contributed by atoms with Crippen LogP contribution >= 0.6 is 15.9 Å². The molecule has 0 amide bonds. The van der Waals surface area contributed by atoms with Crippen LogP contribution in [0.1, 0.15) is 18.4 Å². The minimum atomic E-state index is 0.470. The fraction of sp³-hybridized carbons (Fsp3) is 0.350. The van der Waals surface area contributed by atoms with Crippen molar-refractivity contribution in [3.63, 3.8) is 0 Å². The van der Waals surface area contributed by atoms with Crippen LogP contribution in [0.5, 0.6) is 5.75 Å². The SMILES string of the molecule is Cc1cc(OCCN2CCCC2)c2oc(Nc3ccc(Br)cc3)nc2c1. The van der Waals surface area contributed by atoms with Crippen molar-refractivity contribution >= 4 is 38.7 Å². The van der Waals surface area contributed by atoms with Gasteiger partial charge in [-0.1, -0.05) is 15.9 Å². The third-order valence-corrected chi connectivity index (χ3v) is 5.09. The fourth-order valence-corrected chi connectivity index (χ4v) is 3.51. The Labute approximate surface area is 161 Å². The predicted molar refractivity (Wildman–Crippen MR) is 107 cm³/mol. The highest BCUT2D eigenvalue weighted by Crippen LogP contribution is 2.31. The van der Waals surface area contributed by atoms with Crippen LogP contribution in [0.4, 0.5) is 11.7 Å². The van der Waals surface area contributed by atoms with Gasteiger partial charge in [-0.15, -0.1) is 0 Å². The number of hydrogen-bond acceptors (Lipinski definition) is 5. The first-order chi connectivity index (χ1) is 12.7. The standard InChI is InChI=1S/C20H22BrN3O2/c1-14-12-17-19(18(13-14)25-11-10-24-8-2-3-9-24)26-20(23-17)22-16-6-4-15(21)5-7-16/h4-7,12-13H,2-3,8-11H2,1H3,(H,22,23). The third kappa shape index (κ3) is 4.02. The minimum Gasteiger partial charge on any atom is -0.488 e. The number of nitrogens with zero attached hydrogens (tertiary/aromatic N) is 2. The van der Waals surface area contributed by atoms with Crippen LogP contribution in [-0.2, 0) is 0 Å². The van der Waals surface area contributed by atoms with E-state index in [-0.39, 0.29) is 0 Å². The van der Waals surface area contributed by atoms with Gasteiger partial charge in [0.1, 0.15) is 12.1 Å². The van der Waals surface area contributed by atoms with Crippen molar-refractivity contribution in [2.24, 2.45) is 0 Å². The summed E-state index contributed by atoms with van der Waals surface area (Å²) in [7, 11) is 0. The highest BCUT2D eigenvalue weighted by molar-refractivity contribution is 9.10. The van der Waals surface area contributed by atoms with Gasteiger partial charge in [-0.2, -0.15) is 4.98 Å². The molecule has 1 saturated heterocycles. The number of oxazole rings is 1. The molecule has 0 atom stereocenters. The van der Waals surface area contributed by atoms with Crippen LogP contribution in [0.3, 0.4) is 0 Å². The van der Waals surface area contributed by atoms with E-state index in [1.54, 1.807) is 0 Å². The summed E-state index contributed by atoms with van der Waals surface area (Å²) >= 11 is 3.44. The minimum absolute atomic E-state index is 0.470. The monoisotopic (exact) mass is 415 g/mol. The summed E-state index contributed by atoms with van der Waals surface area (Å²) in [5.74, 6) is 0.760. The molecule has 0 spiro atoms. The lowest BCUT2D eigenvalue weighted by Gasteiger charge is -2.15. The lowest BCUT2D eigenvalue weighted by atomic mass is 10.2. The van der Waals surface area contributed by atoms with Gasteiger partial charge in [-0.05, 0) is 74.8 Å². The Morgan fingerprint density at radius 2 is 1.96 bits per heavy atom. The number of fused-ring (bicyclic) bond motifs is 1. The first kappa shape index (κ1) is 17.4. The topological polar surface area (TPSA) is 50.5 Å². The van der Waals surface area contributed by atoms with Crippen LogP contribution < -0.4 is 10.1 Å². The van der Waals surface area contributed by atoms with Gasteiger partial charge in [0.05, 0.1) is 0 Å². The predicted octanol–water partition coefficient (Wildman–Crippen LogP) is 5.12. The maximum Gasteiger partial charge on any atom is 0.300 e. The summed E-state index contributed by atoms with van der Waals surface area (Å²) in [4.78, 5) is 7.00. The highest BCUT2D eigenvalue weighted by Gasteiger charge is 2.14. The van der Waals surface area contributed by atoms with Crippen molar-refractivity contribution in [3.8, 4) is 5.75 Å². The van der Waals surface area contributed by atoms with Gasteiger partial charge < -0.3 is 14.5 Å². The molecule has 3 aromatic rings. The summed E-state index contributed by atoms with van der Waals surface area (Å²) in [6.07, 6.45) is 2.59. The zero-order valence-corrected chi connectivity index (χ0v) is 16.4. The molecule has 2 aromatic carbocycles. The normalized spacial score (nSPS) is 14.8. The van der Waals surface area contributed by atoms with E-state index in [4.69, 9.17) is 9.15 Å². The third-order valence-electron chi connectivity index (χ3n) is 4.56. The van der Waals surface area contributed by atoms with E-state index in [1.165, 1.54) is 25.9 Å². The molecule has 2 heterocycles. The van der Waals surface area contributed by atoms with Gasteiger partial charge >= 0.3 is 0 Å². The van der Waals surface area contributed by atoms with Gasteiger partial charge in [-0.25, -0.2) is 0 Å². The molecule has 1 aliphatic heterocycles. The maximum absolute atomic E-state index is 6.03. The zero-order valence-electron chi connectivity index (χ0n) is 14.8. The van der Waals surface area contributed by atoms with Crippen molar-refractivity contribution in [3.05, 3.63) is 46.4 Å². The molecular formula is C20H22BrN3O2. The molecule has 6 heteroatoms. The van der Waals surface area contributed by atoms with Crippen molar-refractivity contribution in [1.29, 1.82) is 0 Å². The van der Waals surface area contributed by atoms with Crippen molar-refractivity contribution in [2.45, 2.75) is 19.8 Å². The second kappa shape index (κ2) is 7.68. The molecule has 1 aliphatic rings. The van der Waals surface area contributed by atoms with Gasteiger partial charge in [0.25, 0.3) is 6.01 Å². The van der Waals surface area contributed by atoms with E-state index in [9.17, 15) is 0 Å². The number of halogens is 1. The lowest BCUT2D eigenvalue weighted by Crippen LogP contribution is -2.25. The number of hydrogen-bond donors (Lipinski definition) is 1. The first-order valence-corrected chi connectivity index (χ1v) is 9.75. The van der Waals surface area contributed by atoms with Gasteiger partial charge in [0, 0.05) is 16.7 Å². The molecule has 0 radical (unpaired) electrons. The van der Waals surface area contributed by atoms with Crippen LogP contribution in [0, 0.1) is 6.92 Å². The molecule has 1 fully saturated rings. The summed E-state index contributed by atoms with van der Waals surface area (Å²) in [6, 6.07) is 12.4. The number of aryl methyl sites for hydroxylation is 1. The lowest BCUT2D eigenvalue weighted by molar-refractivity contribution is 0.238. The molecule has 0 bridgehead atoms. The zero-order chi connectivity index (χ0) is 17.9. The molecule has 5 nitrogen and oxygen atoms in total. The molecule has 26 heavy (non-hydrogen) atoms. The average molecular weight is 416 g/mol. The molecule has 0 aliphatic carbocycles. The van der Waals surface area contributed by atoms with E-state index in [0.717, 1.165) is 33.5 Å². The Morgan fingerprint density at radius 3 is 2.73 bits per heavy atom. The van der Waals surface area contributed by atoms with E-state index in [0.29, 0.717) is 18.2 Å². The number of likely N-dealkylation sites (tertiary alicyclic amines) is 1. The molecule has 0 unspecified atom stereocenters. The smallest absolute Gasteiger partial charge is 0.300 e. The van der Waals surface area contributed by atoms with Gasteiger partial charge in [0.2, 0.25) is 0 Å². The largest absolute Gasteiger partial charge is 0.488 e. The molecular weight excluding hydrogens is 394 g/mol. The van der Waals surface area contributed by atoms with Crippen LogP contribution in [-0.4, -0.2) is 36.1 Å². The van der Waals surface area contributed by atoms with E-state index in [1.807, 2.05) is 43.3 Å². The number of nitrogens with one attached hydrogen (secondary N) is 1. The molecule has 0 saturated carbocycles.